The van der Waals surface area contributed by atoms with E-state index in [1.54, 1.807) is 31.7 Å². The molecule has 26 heavy (non-hydrogen) atoms. The predicted octanol–water partition coefficient (Wildman–Crippen LogP) is 3.48. The van der Waals surface area contributed by atoms with E-state index >= 15 is 0 Å². The lowest BCUT2D eigenvalue weighted by Crippen LogP contribution is -2.24. The van der Waals surface area contributed by atoms with Crippen LogP contribution in [-0.4, -0.2) is 37.3 Å². The minimum Gasteiger partial charge on any atom is -0.496 e. The Bertz CT molecular complexity index is 726. The highest BCUT2D eigenvalue weighted by atomic mass is 16.5. The number of methoxy groups -OCH3 is 1. The molecule has 0 atom stereocenters. The van der Waals surface area contributed by atoms with Gasteiger partial charge >= 0.3 is 0 Å². The van der Waals surface area contributed by atoms with Crippen molar-refractivity contribution in [2.45, 2.75) is 26.7 Å². The number of anilines is 1. The highest BCUT2D eigenvalue weighted by molar-refractivity contribution is 5.94. The van der Waals surface area contributed by atoms with Gasteiger partial charge in [0, 0.05) is 42.8 Å². The molecule has 1 amide bonds. The summed E-state index contributed by atoms with van der Waals surface area (Å²) in [5.74, 6) is 0.418. The third-order valence-corrected chi connectivity index (χ3v) is 3.86. The Morgan fingerprint density at radius 3 is 2.65 bits per heavy atom. The first-order valence-electron chi connectivity index (χ1n) is 8.86. The van der Waals surface area contributed by atoms with Gasteiger partial charge in [-0.25, -0.2) is 5.43 Å². The number of hydrogen-bond acceptors (Lipinski definition) is 5. The van der Waals surface area contributed by atoms with Gasteiger partial charge in [-0.3, -0.25) is 9.78 Å². The van der Waals surface area contributed by atoms with Crippen LogP contribution in [0.1, 0.15) is 42.6 Å². The number of carbonyl (C=O) groups excluding carboxylic acids is 1. The van der Waals surface area contributed by atoms with Gasteiger partial charge in [0.15, 0.2) is 0 Å². The lowest BCUT2D eigenvalue weighted by Gasteiger charge is -2.24. The molecule has 2 rings (SSSR count). The Balaban J connectivity index is 2.10. The smallest absolute Gasteiger partial charge is 0.272 e. The van der Waals surface area contributed by atoms with Crippen molar-refractivity contribution in [2.75, 3.05) is 25.1 Å². The van der Waals surface area contributed by atoms with Crippen LogP contribution in [0.2, 0.25) is 0 Å². The first-order chi connectivity index (χ1) is 12.7. The number of rotatable bonds is 9. The van der Waals surface area contributed by atoms with Crippen LogP contribution in [0.25, 0.3) is 0 Å². The second kappa shape index (κ2) is 10.2. The minimum atomic E-state index is -0.304. The Labute approximate surface area is 154 Å². The fourth-order valence-corrected chi connectivity index (χ4v) is 2.64. The van der Waals surface area contributed by atoms with Gasteiger partial charge < -0.3 is 9.64 Å². The summed E-state index contributed by atoms with van der Waals surface area (Å²) in [4.78, 5) is 18.2. The van der Waals surface area contributed by atoms with Gasteiger partial charge in [0.05, 0.1) is 18.9 Å². The van der Waals surface area contributed by atoms with Crippen LogP contribution >= 0.6 is 0 Å². The van der Waals surface area contributed by atoms with Gasteiger partial charge in [0.2, 0.25) is 0 Å². The SMILES string of the molecule is CCCN(CCC)c1ccc(/C=N/NC(=O)c2cccnc2)c(OC)c1. The zero-order valence-corrected chi connectivity index (χ0v) is 15.6. The molecule has 1 aromatic carbocycles. The molecule has 6 nitrogen and oxygen atoms in total. The van der Waals surface area contributed by atoms with Crippen LogP contribution in [-0.2, 0) is 0 Å². The highest BCUT2D eigenvalue weighted by Gasteiger charge is 2.09. The van der Waals surface area contributed by atoms with Gasteiger partial charge in [-0.2, -0.15) is 5.10 Å². The molecule has 0 aliphatic carbocycles. The molecule has 6 heteroatoms. The van der Waals surface area contributed by atoms with E-state index in [4.69, 9.17) is 4.74 Å². The number of benzene rings is 1. The topological polar surface area (TPSA) is 66.8 Å². The average Bonchev–Trinajstić information content (AvgIpc) is 2.68. The van der Waals surface area contributed by atoms with E-state index in [0.29, 0.717) is 5.56 Å². The number of ether oxygens (including phenoxy) is 1. The number of aromatic nitrogens is 1. The van der Waals surface area contributed by atoms with E-state index in [1.165, 1.54) is 6.20 Å². The van der Waals surface area contributed by atoms with E-state index in [1.807, 2.05) is 12.1 Å². The zero-order chi connectivity index (χ0) is 18.8. The molecule has 0 unspecified atom stereocenters. The van der Waals surface area contributed by atoms with E-state index in [9.17, 15) is 4.79 Å². The van der Waals surface area contributed by atoms with Gasteiger partial charge in [-0.15, -0.1) is 0 Å². The number of nitrogens with one attached hydrogen (secondary N) is 1. The monoisotopic (exact) mass is 354 g/mol. The van der Waals surface area contributed by atoms with Crippen molar-refractivity contribution in [3.63, 3.8) is 0 Å². The van der Waals surface area contributed by atoms with Gasteiger partial charge in [-0.05, 0) is 37.1 Å². The lowest BCUT2D eigenvalue weighted by atomic mass is 10.1. The average molecular weight is 354 g/mol. The number of nitrogens with zero attached hydrogens (tertiary/aromatic N) is 3. The molecular weight excluding hydrogens is 328 g/mol. The molecule has 0 aliphatic heterocycles. The molecule has 1 heterocycles. The summed E-state index contributed by atoms with van der Waals surface area (Å²) in [6.45, 7) is 6.36. The Kier molecular flexibility index (Phi) is 7.61. The molecule has 1 N–H and O–H groups in total. The number of hydrogen-bond donors (Lipinski definition) is 1. The largest absolute Gasteiger partial charge is 0.496 e. The van der Waals surface area contributed by atoms with Crippen molar-refractivity contribution >= 4 is 17.8 Å². The summed E-state index contributed by atoms with van der Waals surface area (Å²) in [6, 6.07) is 9.40. The van der Waals surface area contributed by atoms with Crippen LogP contribution in [0.5, 0.6) is 5.75 Å². The predicted molar refractivity (Wildman–Crippen MR) is 105 cm³/mol. The van der Waals surface area contributed by atoms with Crippen molar-refractivity contribution in [2.24, 2.45) is 5.10 Å². The fourth-order valence-electron chi connectivity index (χ4n) is 2.64. The summed E-state index contributed by atoms with van der Waals surface area (Å²) < 4.78 is 5.49. The van der Waals surface area contributed by atoms with Crippen molar-refractivity contribution in [1.29, 1.82) is 0 Å². The van der Waals surface area contributed by atoms with Crippen LogP contribution in [0.15, 0.2) is 47.8 Å². The molecule has 0 radical (unpaired) electrons. The van der Waals surface area contributed by atoms with E-state index in [0.717, 1.165) is 42.9 Å². The molecule has 0 saturated carbocycles. The lowest BCUT2D eigenvalue weighted by molar-refractivity contribution is 0.0954. The molecular formula is C20H26N4O2. The van der Waals surface area contributed by atoms with Crippen LogP contribution in [0.4, 0.5) is 5.69 Å². The second-order valence-electron chi connectivity index (χ2n) is 5.85. The summed E-state index contributed by atoms with van der Waals surface area (Å²) in [7, 11) is 1.63. The standard InChI is InChI=1S/C20H26N4O2/c1-4-11-24(12-5-2)18-9-8-16(19(13-18)26-3)15-22-23-20(25)17-7-6-10-21-14-17/h6-10,13-15H,4-5,11-12H2,1-3H3,(H,23,25)/b22-15+. The Hall–Kier alpha value is -2.89. The second-order valence-corrected chi connectivity index (χ2v) is 5.85. The van der Waals surface area contributed by atoms with E-state index in [2.05, 4.69) is 40.3 Å². The summed E-state index contributed by atoms with van der Waals surface area (Å²) >= 11 is 0. The van der Waals surface area contributed by atoms with Gasteiger partial charge in [-0.1, -0.05) is 13.8 Å². The van der Waals surface area contributed by atoms with Crippen molar-refractivity contribution < 1.29 is 9.53 Å². The van der Waals surface area contributed by atoms with Crippen molar-refractivity contribution in [3.05, 3.63) is 53.9 Å². The van der Waals surface area contributed by atoms with Crippen LogP contribution < -0.4 is 15.1 Å². The van der Waals surface area contributed by atoms with Crippen molar-refractivity contribution in [3.8, 4) is 5.75 Å². The third-order valence-electron chi connectivity index (χ3n) is 3.86. The zero-order valence-electron chi connectivity index (χ0n) is 15.6. The molecule has 0 aliphatic rings. The van der Waals surface area contributed by atoms with Crippen LogP contribution in [0, 0.1) is 0 Å². The Morgan fingerprint density at radius 1 is 1.27 bits per heavy atom. The maximum Gasteiger partial charge on any atom is 0.272 e. The minimum absolute atomic E-state index is 0.304. The first kappa shape index (κ1) is 19.4. The molecule has 2 aromatic rings. The summed E-state index contributed by atoms with van der Waals surface area (Å²) in [5, 5.41) is 4.03. The summed E-state index contributed by atoms with van der Waals surface area (Å²) in [6.07, 6.45) is 6.88. The first-order valence-corrected chi connectivity index (χ1v) is 8.86. The normalized spacial score (nSPS) is 10.7. The van der Waals surface area contributed by atoms with Gasteiger partial charge in [0.25, 0.3) is 5.91 Å². The fraction of sp³-hybridized carbons (Fsp3) is 0.350. The number of carbonyl (C=O) groups is 1. The number of pyridine rings is 1. The molecule has 138 valence electrons. The molecule has 0 saturated heterocycles. The highest BCUT2D eigenvalue weighted by Crippen LogP contribution is 2.25. The number of amides is 1. The maximum atomic E-state index is 12.0. The van der Waals surface area contributed by atoms with E-state index in [-0.39, 0.29) is 5.91 Å². The van der Waals surface area contributed by atoms with E-state index < -0.39 is 0 Å². The van der Waals surface area contributed by atoms with Crippen molar-refractivity contribution in [1.82, 2.24) is 10.4 Å². The quantitative estimate of drug-likeness (QED) is 0.553. The molecule has 1 aromatic heterocycles. The number of hydrazone groups is 1. The third kappa shape index (κ3) is 5.31. The Morgan fingerprint density at radius 2 is 2.04 bits per heavy atom. The maximum absolute atomic E-state index is 12.0. The molecule has 0 bridgehead atoms. The van der Waals surface area contributed by atoms with Crippen LogP contribution in [0.3, 0.4) is 0 Å². The summed E-state index contributed by atoms with van der Waals surface area (Å²) in [5.41, 5.74) is 4.89. The van der Waals surface area contributed by atoms with Gasteiger partial charge in [0.1, 0.15) is 5.75 Å². The molecule has 0 fully saturated rings. The molecule has 0 spiro atoms.